The third kappa shape index (κ3) is 8.47. The molecule has 152 valence electrons. The van der Waals surface area contributed by atoms with Crippen LogP contribution in [-0.4, -0.2) is 29.5 Å². The minimum Gasteiger partial charge on any atom is -0.465 e. The van der Waals surface area contributed by atoms with Crippen LogP contribution in [0.5, 0.6) is 0 Å². The van der Waals surface area contributed by atoms with Gasteiger partial charge in [0, 0.05) is 18.8 Å². The van der Waals surface area contributed by atoms with Gasteiger partial charge in [0.2, 0.25) is 11.8 Å². The number of rotatable bonds is 7. The van der Waals surface area contributed by atoms with Crippen LogP contribution < -0.4 is 16.2 Å². The lowest BCUT2D eigenvalue weighted by Gasteiger charge is -2.21. The van der Waals surface area contributed by atoms with Crippen molar-refractivity contribution in [1.82, 2.24) is 16.2 Å². The quantitative estimate of drug-likeness (QED) is 0.365. The van der Waals surface area contributed by atoms with Gasteiger partial charge in [0.1, 0.15) is 0 Å². The fourth-order valence-corrected chi connectivity index (χ4v) is 3.19. The lowest BCUT2D eigenvalue weighted by atomic mass is 9.89. The Morgan fingerprint density at radius 3 is 2.43 bits per heavy atom. The van der Waals surface area contributed by atoms with Crippen molar-refractivity contribution in [3.8, 4) is 0 Å². The number of amides is 2. The molecule has 0 spiro atoms. The highest BCUT2D eigenvalue weighted by Gasteiger charge is 2.21. The summed E-state index contributed by atoms with van der Waals surface area (Å²) in [6.45, 7) is 0.275. The van der Waals surface area contributed by atoms with Gasteiger partial charge in [-0.3, -0.25) is 25.2 Å². The second-order valence-corrected chi connectivity index (χ2v) is 7.19. The lowest BCUT2D eigenvalue weighted by molar-refractivity contribution is -0.144. The Morgan fingerprint density at radius 2 is 1.71 bits per heavy atom. The highest BCUT2D eigenvalue weighted by atomic mass is 32.1. The van der Waals surface area contributed by atoms with Gasteiger partial charge in [0.15, 0.2) is 5.11 Å². The van der Waals surface area contributed by atoms with Crippen molar-refractivity contribution in [3.63, 3.8) is 0 Å². The second kappa shape index (κ2) is 12.1. The summed E-state index contributed by atoms with van der Waals surface area (Å²) in [5, 5.41) is 2.44. The van der Waals surface area contributed by atoms with Crippen molar-refractivity contribution >= 4 is 35.1 Å². The molecule has 0 saturated heterocycles. The summed E-state index contributed by atoms with van der Waals surface area (Å²) < 4.78 is 5.12. The molecule has 1 aromatic carbocycles. The van der Waals surface area contributed by atoms with E-state index in [1.165, 1.54) is 6.42 Å². The van der Waals surface area contributed by atoms with Gasteiger partial charge in [0.25, 0.3) is 0 Å². The third-order valence-electron chi connectivity index (χ3n) is 4.58. The number of ether oxygens (including phenoxy) is 1. The molecule has 0 aromatic heterocycles. The molecule has 2 rings (SSSR count). The van der Waals surface area contributed by atoms with Gasteiger partial charge in [-0.1, -0.05) is 49.6 Å². The number of carbonyl (C=O) groups is 3. The summed E-state index contributed by atoms with van der Waals surface area (Å²) in [7, 11) is 0. The third-order valence-corrected chi connectivity index (χ3v) is 4.79. The molecule has 7 nitrogen and oxygen atoms in total. The maximum atomic E-state index is 12.0. The number of nitrogens with one attached hydrogen (secondary N) is 3. The van der Waals surface area contributed by atoms with Crippen molar-refractivity contribution in [3.05, 3.63) is 35.9 Å². The Bertz CT molecular complexity index is 675. The Morgan fingerprint density at radius 1 is 1.00 bits per heavy atom. The van der Waals surface area contributed by atoms with E-state index in [1.54, 1.807) is 0 Å². The van der Waals surface area contributed by atoms with Gasteiger partial charge < -0.3 is 10.1 Å². The fourth-order valence-electron chi connectivity index (χ4n) is 3.02. The standard InChI is InChI=1S/C20H27N3O4S/c24-17(11-12-18(25)27-14-13-15-7-3-1-4-8-15)21-20(28)23-22-19(26)16-9-5-2-6-10-16/h1,3-4,7-8,16H,2,5-6,9-14H2,(H,22,26)(H2,21,23,24,28). The highest BCUT2D eigenvalue weighted by Crippen LogP contribution is 2.23. The van der Waals surface area contributed by atoms with Crippen LogP contribution >= 0.6 is 12.2 Å². The van der Waals surface area contributed by atoms with Crippen LogP contribution in [0.3, 0.4) is 0 Å². The van der Waals surface area contributed by atoms with Gasteiger partial charge in [-0.15, -0.1) is 0 Å². The van der Waals surface area contributed by atoms with Crippen molar-refractivity contribution in [2.24, 2.45) is 5.92 Å². The molecule has 0 aliphatic heterocycles. The molecular weight excluding hydrogens is 378 g/mol. The fraction of sp³-hybridized carbons (Fsp3) is 0.500. The van der Waals surface area contributed by atoms with E-state index in [0.717, 1.165) is 31.2 Å². The predicted octanol–water partition coefficient (Wildman–Crippen LogP) is 2.15. The van der Waals surface area contributed by atoms with Crippen molar-refractivity contribution in [1.29, 1.82) is 0 Å². The zero-order valence-corrected chi connectivity index (χ0v) is 16.7. The molecule has 1 fully saturated rings. The maximum Gasteiger partial charge on any atom is 0.306 e. The summed E-state index contributed by atoms with van der Waals surface area (Å²) in [5.41, 5.74) is 6.15. The van der Waals surface area contributed by atoms with Crippen LogP contribution in [0.4, 0.5) is 0 Å². The summed E-state index contributed by atoms with van der Waals surface area (Å²) >= 11 is 4.98. The topological polar surface area (TPSA) is 96.5 Å². The molecule has 3 N–H and O–H groups in total. The summed E-state index contributed by atoms with van der Waals surface area (Å²) in [4.78, 5) is 35.5. The molecule has 0 atom stereocenters. The molecule has 1 saturated carbocycles. The first-order valence-corrected chi connectivity index (χ1v) is 10.0. The van der Waals surface area contributed by atoms with E-state index < -0.39 is 11.9 Å². The zero-order valence-electron chi connectivity index (χ0n) is 15.9. The average molecular weight is 406 g/mol. The van der Waals surface area contributed by atoms with E-state index in [4.69, 9.17) is 17.0 Å². The summed E-state index contributed by atoms with van der Waals surface area (Å²) in [6.07, 6.45) is 5.59. The molecule has 1 aliphatic rings. The van der Waals surface area contributed by atoms with Crippen LogP contribution in [0.1, 0.15) is 50.5 Å². The van der Waals surface area contributed by atoms with Crippen molar-refractivity contribution in [2.45, 2.75) is 51.4 Å². The monoisotopic (exact) mass is 405 g/mol. The first-order valence-electron chi connectivity index (χ1n) is 9.64. The molecule has 1 aliphatic carbocycles. The number of hydrogen-bond donors (Lipinski definition) is 3. The van der Waals surface area contributed by atoms with Crippen LogP contribution in [0.25, 0.3) is 0 Å². The van der Waals surface area contributed by atoms with Crippen molar-refractivity contribution < 1.29 is 19.1 Å². The van der Waals surface area contributed by atoms with E-state index in [-0.39, 0.29) is 36.4 Å². The first-order chi connectivity index (χ1) is 13.5. The average Bonchev–Trinajstić information content (AvgIpc) is 2.72. The van der Waals surface area contributed by atoms with Gasteiger partial charge in [0.05, 0.1) is 13.0 Å². The number of carbonyl (C=O) groups excluding carboxylic acids is 3. The van der Waals surface area contributed by atoms with E-state index in [2.05, 4.69) is 16.2 Å². The minimum absolute atomic E-state index is 0.00612. The van der Waals surface area contributed by atoms with E-state index in [1.807, 2.05) is 30.3 Å². The molecule has 0 radical (unpaired) electrons. The molecule has 0 bridgehead atoms. The maximum absolute atomic E-state index is 12.0. The Balaban J connectivity index is 1.54. The van der Waals surface area contributed by atoms with Crippen LogP contribution in [0, 0.1) is 5.92 Å². The Kier molecular flexibility index (Phi) is 9.41. The highest BCUT2D eigenvalue weighted by molar-refractivity contribution is 7.80. The van der Waals surface area contributed by atoms with Crippen LogP contribution in [0.15, 0.2) is 30.3 Å². The molecule has 28 heavy (non-hydrogen) atoms. The number of thiocarbonyl (C=S) groups is 1. The van der Waals surface area contributed by atoms with Gasteiger partial charge in [-0.25, -0.2) is 0 Å². The van der Waals surface area contributed by atoms with E-state index in [0.29, 0.717) is 6.42 Å². The number of hydrazine groups is 1. The predicted molar refractivity (Wildman–Crippen MR) is 109 cm³/mol. The lowest BCUT2D eigenvalue weighted by Crippen LogP contribution is -2.50. The largest absolute Gasteiger partial charge is 0.465 e. The van der Waals surface area contributed by atoms with Gasteiger partial charge in [-0.2, -0.15) is 0 Å². The Hall–Kier alpha value is -2.48. The molecule has 2 amide bonds. The number of benzene rings is 1. The smallest absolute Gasteiger partial charge is 0.306 e. The molecule has 0 unspecified atom stereocenters. The van der Waals surface area contributed by atoms with Crippen LogP contribution in [-0.2, 0) is 25.5 Å². The normalized spacial score (nSPS) is 14.0. The van der Waals surface area contributed by atoms with Crippen LogP contribution in [0.2, 0.25) is 0 Å². The SMILES string of the molecule is O=C(CCC(=O)OCCc1ccccc1)NC(=S)NNC(=O)C1CCCCC1. The zero-order chi connectivity index (χ0) is 20.2. The van der Waals surface area contributed by atoms with Gasteiger partial charge in [-0.05, 0) is 30.6 Å². The van der Waals surface area contributed by atoms with Crippen molar-refractivity contribution in [2.75, 3.05) is 6.61 Å². The van der Waals surface area contributed by atoms with Gasteiger partial charge >= 0.3 is 5.97 Å². The summed E-state index contributed by atoms with van der Waals surface area (Å²) in [5.74, 6) is -0.969. The van der Waals surface area contributed by atoms with E-state index in [9.17, 15) is 14.4 Å². The Labute approximate surface area is 170 Å². The summed E-state index contributed by atoms with van der Waals surface area (Å²) in [6, 6.07) is 9.70. The molecule has 1 aromatic rings. The second-order valence-electron chi connectivity index (χ2n) is 6.78. The molecule has 8 heteroatoms. The number of hydrogen-bond acceptors (Lipinski definition) is 5. The first kappa shape index (κ1) is 21.8. The number of esters is 1. The van der Waals surface area contributed by atoms with E-state index >= 15 is 0 Å². The molecular formula is C20H27N3O4S. The molecule has 0 heterocycles. The minimum atomic E-state index is -0.435.